The lowest BCUT2D eigenvalue weighted by atomic mass is 9.48. The molecule has 0 unspecified atom stereocenters. The van der Waals surface area contributed by atoms with E-state index in [1.807, 2.05) is 31.3 Å². The Balaban J connectivity index is 1.20. The van der Waals surface area contributed by atoms with Gasteiger partial charge in [-0.25, -0.2) is 4.79 Å². The van der Waals surface area contributed by atoms with Crippen molar-refractivity contribution in [2.24, 2.45) is 17.8 Å². The van der Waals surface area contributed by atoms with E-state index in [-0.39, 0.29) is 5.91 Å². The second kappa shape index (κ2) is 9.37. The SMILES string of the molecule is COC(=O)c1ccc(C(=O)Nc2ccccc2N(C)c2ccc(C34CC5CC(CC(C5)C3)C4)cc2)cc1. The van der Waals surface area contributed by atoms with E-state index < -0.39 is 5.97 Å². The smallest absolute Gasteiger partial charge is 0.337 e. The fraction of sp³-hybridized carbons (Fsp3) is 0.375. The number of nitrogens with zero attached hydrogens (tertiary/aromatic N) is 1. The number of nitrogens with one attached hydrogen (secondary N) is 1. The first-order valence-electron chi connectivity index (χ1n) is 13.4. The number of para-hydroxylation sites is 2. The van der Waals surface area contributed by atoms with Crippen molar-refractivity contribution in [3.05, 3.63) is 89.5 Å². The number of carbonyl (C=O) groups is 2. The fourth-order valence-electron chi connectivity index (χ4n) is 7.58. The minimum absolute atomic E-state index is 0.227. The van der Waals surface area contributed by atoms with Gasteiger partial charge in [-0.2, -0.15) is 0 Å². The molecule has 5 nitrogen and oxygen atoms in total. The molecule has 0 aliphatic heterocycles. The van der Waals surface area contributed by atoms with Gasteiger partial charge in [-0.15, -0.1) is 0 Å². The number of benzene rings is 3. The third kappa shape index (κ3) is 4.41. The molecule has 1 amide bonds. The molecule has 0 radical (unpaired) electrons. The van der Waals surface area contributed by atoms with Gasteiger partial charge in [-0.05, 0) is 116 Å². The number of anilines is 3. The molecular weight excluding hydrogens is 460 g/mol. The van der Waals surface area contributed by atoms with Gasteiger partial charge in [0.05, 0.1) is 24.0 Å². The summed E-state index contributed by atoms with van der Waals surface area (Å²) in [6.07, 6.45) is 8.46. The number of hydrogen-bond acceptors (Lipinski definition) is 4. The van der Waals surface area contributed by atoms with E-state index in [1.165, 1.54) is 51.2 Å². The molecule has 0 heterocycles. The van der Waals surface area contributed by atoms with Crippen LogP contribution in [0.2, 0.25) is 0 Å². The summed E-state index contributed by atoms with van der Waals surface area (Å²) in [6, 6.07) is 23.5. The minimum Gasteiger partial charge on any atom is -0.465 e. The molecule has 4 saturated carbocycles. The molecule has 4 aliphatic carbocycles. The Hall–Kier alpha value is -3.60. The van der Waals surface area contributed by atoms with Gasteiger partial charge in [0.1, 0.15) is 0 Å². The molecule has 0 aromatic heterocycles. The number of carbonyl (C=O) groups excluding carboxylic acids is 2. The molecule has 0 spiro atoms. The number of methoxy groups -OCH3 is 1. The largest absolute Gasteiger partial charge is 0.465 e. The van der Waals surface area contributed by atoms with E-state index in [0.29, 0.717) is 16.5 Å². The summed E-state index contributed by atoms with van der Waals surface area (Å²) in [5, 5.41) is 3.04. The van der Waals surface area contributed by atoms with E-state index in [1.54, 1.807) is 24.3 Å². The first-order valence-corrected chi connectivity index (χ1v) is 13.4. The molecule has 5 heteroatoms. The number of amides is 1. The van der Waals surface area contributed by atoms with Gasteiger partial charge in [0.15, 0.2) is 0 Å². The Morgan fingerprint density at radius 3 is 1.97 bits per heavy atom. The van der Waals surface area contributed by atoms with E-state index in [2.05, 4.69) is 34.5 Å². The molecule has 1 N–H and O–H groups in total. The Labute approximate surface area is 218 Å². The van der Waals surface area contributed by atoms with E-state index in [0.717, 1.165) is 34.8 Å². The van der Waals surface area contributed by atoms with Crippen LogP contribution < -0.4 is 10.2 Å². The summed E-state index contributed by atoms with van der Waals surface area (Å²) in [4.78, 5) is 26.8. The number of hydrogen-bond donors (Lipinski definition) is 1. The summed E-state index contributed by atoms with van der Waals surface area (Å²) in [5.74, 6) is 2.14. The lowest BCUT2D eigenvalue weighted by Gasteiger charge is -2.57. The average molecular weight is 495 g/mol. The molecule has 3 aromatic rings. The zero-order valence-electron chi connectivity index (χ0n) is 21.6. The van der Waals surface area contributed by atoms with Gasteiger partial charge in [0.2, 0.25) is 0 Å². The van der Waals surface area contributed by atoms with Crippen LogP contribution in [0.15, 0.2) is 72.8 Å². The monoisotopic (exact) mass is 494 g/mol. The van der Waals surface area contributed by atoms with Gasteiger partial charge in [-0.1, -0.05) is 24.3 Å². The van der Waals surface area contributed by atoms with E-state index in [4.69, 9.17) is 4.74 Å². The van der Waals surface area contributed by atoms with Crippen molar-refractivity contribution >= 4 is 28.9 Å². The maximum absolute atomic E-state index is 13.0. The highest BCUT2D eigenvalue weighted by Gasteiger charge is 2.51. The highest BCUT2D eigenvalue weighted by molar-refractivity contribution is 6.06. The van der Waals surface area contributed by atoms with Crippen molar-refractivity contribution in [3.8, 4) is 0 Å². The van der Waals surface area contributed by atoms with Gasteiger partial charge in [-0.3, -0.25) is 4.79 Å². The first-order chi connectivity index (χ1) is 17.9. The van der Waals surface area contributed by atoms with Crippen LogP contribution in [0.3, 0.4) is 0 Å². The highest BCUT2D eigenvalue weighted by Crippen LogP contribution is 2.60. The van der Waals surface area contributed by atoms with Crippen molar-refractivity contribution < 1.29 is 14.3 Å². The Bertz CT molecular complexity index is 1280. The molecule has 4 aliphatic rings. The van der Waals surface area contributed by atoms with Gasteiger partial charge in [0, 0.05) is 18.3 Å². The normalized spacial score (nSPS) is 25.5. The highest BCUT2D eigenvalue weighted by atomic mass is 16.5. The summed E-state index contributed by atoms with van der Waals surface area (Å²) in [7, 11) is 3.38. The molecule has 190 valence electrons. The number of rotatable bonds is 6. The number of esters is 1. The second-order valence-electron chi connectivity index (χ2n) is 11.3. The Morgan fingerprint density at radius 1 is 0.811 bits per heavy atom. The molecule has 0 saturated heterocycles. The molecule has 37 heavy (non-hydrogen) atoms. The summed E-state index contributed by atoms with van der Waals surface area (Å²) < 4.78 is 4.74. The molecular formula is C32H34N2O3. The van der Waals surface area contributed by atoms with Crippen LogP contribution >= 0.6 is 0 Å². The van der Waals surface area contributed by atoms with E-state index >= 15 is 0 Å². The fourth-order valence-corrected chi connectivity index (χ4v) is 7.58. The topological polar surface area (TPSA) is 58.6 Å². The summed E-state index contributed by atoms with van der Waals surface area (Å²) in [6.45, 7) is 0. The maximum atomic E-state index is 13.0. The minimum atomic E-state index is -0.423. The summed E-state index contributed by atoms with van der Waals surface area (Å²) >= 11 is 0. The predicted octanol–water partition coefficient (Wildman–Crippen LogP) is 6.96. The Kier molecular flexibility index (Phi) is 6.02. The molecule has 4 fully saturated rings. The van der Waals surface area contributed by atoms with Crippen molar-refractivity contribution in [2.75, 3.05) is 24.4 Å². The quantitative estimate of drug-likeness (QED) is 0.376. The first kappa shape index (κ1) is 23.8. The lowest BCUT2D eigenvalue weighted by Crippen LogP contribution is -2.48. The zero-order chi connectivity index (χ0) is 25.6. The van der Waals surface area contributed by atoms with Crippen molar-refractivity contribution in [3.63, 3.8) is 0 Å². The van der Waals surface area contributed by atoms with Crippen LogP contribution in [0.25, 0.3) is 0 Å². The van der Waals surface area contributed by atoms with Crippen LogP contribution in [0, 0.1) is 17.8 Å². The molecule has 4 bridgehead atoms. The maximum Gasteiger partial charge on any atom is 0.337 e. The third-order valence-electron chi connectivity index (χ3n) is 8.99. The van der Waals surface area contributed by atoms with Crippen LogP contribution in [0.1, 0.15) is 64.8 Å². The van der Waals surface area contributed by atoms with Crippen molar-refractivity contribution in [2.45, 2.75) is 43.9 Å². The van der Waals surface area contributed by atoms with Crippen molar-refractivity contribution in [1.82, 2.24) is 0 Å². The van der Waals surface area contributed by atoms with Crippen LogP contribution in [0.4, 0.5) is 17.1 Å². The standard InChI is InChI=1S/C32H34N2O3/c1-34(27-13-11-26(12-14-27)32-18-21-15-22(19-32)17-23(16-21)20-32)29-6-4-3-5-28(29)33-30(35)24-7-9-25(10-8-24)31(36)37-2/h3-14,21-23H,15-20H2,1-2H3,(H,33,35). The average Bonchev–Trinajstić information content (AvgIpc) is 2.92. The van der Waals surface area contributed by atoms with Crippen LogP contribution in [-0.2, 0) is 10.2 Å². The third-order valence-corrected chi connectivity index (χ3v) is 8.99. The van der Waals surface area contributed by atoms with Gasteiger partial charge >= 0.3 is 5.97 Å². The lowest BCUT2D eigenvalue weighted by molar-refractivity contribution is -0.00518. The zero-order valence-corrected chi connectivity index (χ0v) is 21.6. The Morgan fingerprint density at radius 2 is 1.38 bits per heavy atom. The van der Waals surface area contributed by atoms with Gasteiger partial charge < -0.3 is 15.0 Å². The number of ether oxygens (including phenoxy) is 1. The van der Waals surface area contributed by atoms with E-state index in [9.17, 15) is 9.59 Å². The van der Waals surface area contributed by atoms with Crippen molar-refractivity contribution in [1.29, 1.82) is 0 Å². The van der Waals surface area contributed by atoms with Crippen LogP contribution in [-0.4, -0.2) is 26.0 Å². The summed E-state index contributed by atoms with van der Waals surface area (Å²) in [5.41, 5.74) is 5.54. The second-order valence-corrected chi connectivity index (χ2v) is 11.3. The van der Waals surface area contributed by atoms with Crippen LogP contribution in [0.5, 0.6) is 0 Å². The van der Waals surface area contributed by atoms with Gasteiger partial charge in [0.25, 0.3) is 5.91 Å². The predicted molar refractivity (Wildman–Crippen MR) is 147 cm³/mol. The molecule has 0 atom stereocenters. The molecule has 3 aromatic carbocycles. The molecule has 7 rings (SSSR count).